The fraction of sp³-hybridized carbons (Fsp3) is 0.0714. The van der Waals surface area contributed by atoms with Crippen molar-refractivity contribution in [2.75, 3.05) is 4.72 Å². The van der Waals surface area contributed by atoms with Crippen LogP contribution in [-0.4, -0.2) is 13.4 Å². The summed E-state index contributed by atoms with van der Waals surface area (Å²) in [5.74, 6) is 0. The van der Waals surface area contributed by atoms with E-state index in [0.29, 0.717) is 21.6 Å². The molecule has 0 atom stereocenters. The Morgan fingerprint density at radius 3 is 2.33 bits per heavy atom. The summed E-state index contributed by atoms with van der Waals surface area (Å²) in [7, 11) is -3.63. The van der Waals surface area contributed by atoms with Gasteiger partial charge in [0.25, 0.3) is 10.0 Å². The third kappa shape index (κ3) is 4.26. The fourth-order valence-corrected chi connectivity index (χ4v) is 3.99. The molecule has 0 amide bonds. The van der Waals surface area contributed by atoms with Gasteiger partial charge < -0.3 is 5.73 Å². The maximum Gasteiger partial charge on any atom is 0.263 e. The summed E-state index contributed by atoms with van der Waals surface area (Å²) < 4.78 is 27.7. The molecule has 4 nitrogen and oxygen atoms in total. The van der Waals surface area contributed by atoms with E-state index in [1.54, 1.807) is 42.5 Å². The van der Waals surface area contributed by atoms with Crippen molar-refractivity contribution < 1.29 is 8.42 Å². The molecule has 0 aromatic heterocycles. The average molecular weight is 385 g/mol. The largest absolute Gasteiger partial charge is 0.393 e. The Hall–Kier alpha value is -1.44. The van der Waals surface area contributed by atoms with Gasteiger partial charge in [-0.15, -0.1) is 0 Å². The van der Waals surface area contributed by atoms with Crippen molar-refractivity contribution in [3.63, 3.8) is 0 Å². The molecule has 0 fully saturated rings. The standard InChI is InChI=1S/C14H13BrN2O2S2/c15-12-3-1-2-4-13(12)21(18,19)17-11-7-5-10(6-8-11)9-14(16)20/h1-8,17H,9H2,(H2,16,20). The number of halogens is 1. The monoisotopic (exact) mass is 384 g/mol. The molecular weight excluding hydrogens is 372 g/mol. The summed E-state index contributed by atoms with van der Waals surface area (Å²) in [6.45, 7) is 0. The van der Waals surface area contributed by atoms with Crippen molar-refractivity contribution in [3.8, 4) is 0 Å². The summed E-state index contributed by atoms with van der Waals surface area (Å²) in [6.07, 6.45) is 0.493. The van der Waals surface area contributed by atoms with Gasteiger partial charge in [-0.05, 0) is 45.8 Å². The zero-order valence-corrected chi connectivity index (χ0v) is 14.1. The highest BCUT2D eigenvalue weighted by atomic mass is 79.9. The van der Waals surface area contributed by atoms with E-state index in [1.165, 1.54) is 6.07 Å². The van der Waals surface area contributed by atoms with Gasteiger partial charge in [-0.3, -0.25) is 4.72 Å². The minimum atomic E-state index is -3.63. The average Bonchev–Trinajstić information content (AvgIpc) is 2.40. The number of hydrogen-bond acceptors (Lipinski definition) is 3. The molecule has 0 aliphatic rings. The van der Waals surface area contributed by atoms with E-state index in [-0.39, 0.29) is 4.90 Å². The quantitative estimate of drug-likeness (QED) is 0.776. The topological polar surface area (TPSA) is 72.2 Å². The Bertz CT molecular complexity index is 759. The van der Waals surface area contributed by atoms with Crippen LogP contribution < -0.4 is 10.5 Å². The molecule has 0 bridgehead atoms. The molecule has 110 valence electrons. The molecule has 0 saturated carbocycles. The van der Waals surface area contributed by atoms with Crippen LogP contribution in [0.5, 0.6) is 0 Å². The Balaban J connectivity index is 2.21. The van der Waals surface area contributed by atoms with Crippen LogP contribution in [0.25, 0.3) is 0 Å². The van der Waals surface area contributed by atoms with E-state index in [0.717, 1.165) is 5.56 Å². The van der Waals surface area contributed by atoms with E-state index in [4.69, 9.17) is 18.0 Å². The number of thiocarbonyl (C=S) groups is 1. The number of anilines is 1. The van der Waals surface area contributed by atoms with Crippen molar-refractivity contribution in [2.24, 2.45) is 5.73 Å². The first-order valence-electron chi connectivity index (χ1n) is 6.03. The van der Waals surface area contributed by atoms with Gasteiger partial charge in [0.2, 0.25) is 0 Å². The molecule has 2 aromatic rings. The number of sulfonamides is 1. The zero-order chi connectivity index (χ0) is 15.5. The van der Waals surface area contributed by atoms with Crippen molar-refractivity contribution in [2.45, 2.75) is 11.3 Å². The fourth-order valence-electron chi connectivity index (χ4n) is 1.76. The summed E-state index contributed by atoms with van der Waals surface area (Å²) in [5, 5.41) is 0. The van der Waals surface area contributed by atoms with E-state index < -0.39 is 10.0 Å². The van der Waals surface area contributed by atoms with Crippen LogP contribution in [0, 0.1) is 0 Å². The third-order valence-corrected chi connectivity index (χ3v) is 5.25. The minimum absolute atomic E-state index is 0.192. The minimum Gasteiger partial charge on any atom is -0.393 e. The van der Waals surface area contributed by atoms with E-state index in [1.807, 2.05) is 0 Å². The molecule has 0 radical (unpaired) electrons. The van der Waals surface area contributed by atoms with Crippen LogP contribution in [0.1, 0.15) is 5.56 Å². The van der Waals surface area contributed by atoms with E-state index in [2.05, 4.69) is 20.7 Å². The van der Waals surface area contributed by atoms with Crippen molar-refractivity contribution in [1.29, 1.82) is 0 Å². The van der Waals surface area contributed by atoms with Crippen LogP contribution >= 0.6 is 28.1 Å². The van der Waals surface area contributed by atoms with Gasteiger partial charge in [0.05, 0.1) is 4.99 Å². The maximum absolute atomic E-state index is 12.3. The predicted molar refractivity (Wildman–Crippen MR) is 91.9 cm³/mol. The number of hydrogen-bond donors (Lipinski definition) is 2. The van der Waals surface area contributed by atoms with Crippen LogP contribution in [0.2, 0.25) is 0 Å². The van der Waals surface area contributed by atoms with Crippen LogP contribution in [0.15, 0.2) is 57.9 Å². The summed E-state index contributed by atoms with van der Waals surface area (Å²) in [6, 6.07) is 13.6. The van der Waals surface area contributed by atoms with Crippen molar-refractivity contribution in [1.82, 2.24) is 0 Å². The summed E-state index contributed by atoms with van der Waals surface area (Å²) >= 11 is 8.07. The number of benzene rings is 2. The molecule has 0 aliphatic carbocycles. The number of rotatable bonds is 5. The molecule has 0 heterocycles. The molecule has 0 unspecified atom stereocenters. The molecular formula is C14H13BrN2O2S2. The van der Waals surface area contributed by atoms with Gasteiger partial charge in [-0.1, -0.05) is 36.5 Å². The molecule has 2 aromatic carbocycles. The summed E-state index contributed by atoms with van der Waals surface area (Å²) in [4.78, 5) is 0.591. The van der Waals surface area contributed by atoms with Gasteiger partial charge in [0, 0.05) is 16.6 Å². The van der Waals surface area contributed by atoms with Gasteiger partial charge in [0.1, 0.15) is 4.90 Å². The lowest BCUT2D eigenvalue weighted by Gasteiger charge is -2.10. The second-order valence-electron chi connectivity index (χ2n) is 4.38. The van der Waals surface area contributed by atoms with Crippen LogP contribution in [0.3, 0.4) is 0 Å². The normalized spacial score (nSPS) is 11.1. The SMILES string of the molecule is NC(=S)Cc1ccc(NS(=O)(=O)c2ccccc2Br)cc1. The highest BCUT2D eigenvalue weighted by Gasteiger charge is 2.16. The van der Waals surface area contributed by atoms with Gasteiger partial charge in [0.15, 0.2) is 0 Å². The molecule has 21 heavy (non-hydrogen) atoms. The lowest BCUT2D eigenvalue weighted by atomic mass is 10.1. The maximum atomic E-state index is 12.3. The molecule has 3 N–H and O–H groups in total. The van der Waals surface area contributed by atoms with E-state index in [9.17, 15) is 8.42 Å². The van der Waals surface area contributed by atoms with Crippen LogP contribution in [-0.2, 0) is 16.4 Å². The smallest absolute Gasteiger partial charge is 0.263 e. The number of nitrogens with two attached hydrogens (primary N) is 1. The first kappa shape index (κ1) is 15.9. The summed E-state index contributed by atoms with van der Waals surface area (Å²) in [5.41, 5.74) is 6.89. The Labute approximate surface area is 137 Å². The van der Waals surface area contributed by atoms with Gasteiger partial charge >= 0.3 is 0 Å². The number of nitrogens with one attached hydrogen (secondary N) is 1. The van der Waals surface area contributed by atoms with Crippen molar-refractivity contribution >= 4 is 48.8 Å². The molecule has 7 heteroatoms. The first-order valence-corrected chi connectivity index (χ1v) is 8.71. The van der Waals surface area contributed by atoms with Crippen molar-refractivity contribution in [3.05, 3.63) is 58.6 Å². The molecule has 2 rings (SSSR count). The van der Waals surface area contributed by atoms with Gasteiger partial charge in [-0.25, -0.2) is 8.42 Å². The molecule has 0 saturated heterocycles. The van der Waals surface area contributed by atoms with Gasteiger partial charge in [-0.2, -0.15) is 0 Å². The lowest BCUT2D eigenvalue weighted by Crippen LogP contribution is -2.14. The third-order valence-electron chi connectivity index (χ3n) is 2.71. The highest BCUT2D eigenvalue weighted by Crippen LogP contribution is 2.23. The first-order chi connectivity index (χ1) is 9.88. The Kier molecular flexibility index (Phi) is 4.97. The second kappa shape index (κ2) is 6.55. The zero-order valence-electron chi connectivity index (χ0n) is 10.9. The molecule has 0 aliphatic heterocycles. The lowest BCUT2D eigenvalue weighted by molar-refractivity contribution is 0.601. The Morgan fingerprint density at radius 2 is 1.76 bits per heavy atom. The predicted octanol–water partition coefficient (Wildman–Crippen LogP) is 3.08. The molecule has 0 spiro atoms. The second-order valence-corrected chi connectivity index (χ2v) is 7.41. The highest BCUT2D eigenvalue weighted by molar-refractivity contribution is 9.10. The Morgan fingerprint density at radius 1 is 1.14 bits per heavy atom. The van der Waals surface area contributed by atoms with E-state index >= 15 is 0 Å². The van der Waals surface area contributed by atoms with Crippen LogP contribution in [0.4, 0.5) is 5.69 Å².